The normalized spacial score (nSPS) is 19.9. The monoisotopic (exact) mass is 261 g/mol. The average molecular weight is 261 g/mol. The lowest BCUT2D eigenvalue weighted by Crippen LogP contribution is -2.47. The van der Waals surface area contributed by atoms with Crippen LogP contribution in [-0.2, 0) is 11.3 Å². The summed E-state index contributed by atoms with van der Waals surface area (Å²) in [7, 11) is 0. The fraction of sp³-hybridized carbons (Fsp3) is 0.429. The highest BCUT2D eigenvalue weighted by Crippen LogP contribution is 2.21. The van der Waals surface area contributed by atoms with Gasteiger partial charge in [-0.1, -0.05) is 12.5 Å². The van der Waals surface area contributed by atoms with E-state index in [4.69, 9.17) is 11.0 Å². The van der Waals surface area contributed by atoms with E-state index >= 15 is 0 Å². The molecule has 0 aliphatic carbocycles. The highest BCUT2D eigenvalue weighted by atomic mass is 19.1. The van der Waals surface area contributed by atoms with Crippen LogP contribution in [0.25, 0.3) is 0 Å². The highest BCUT2D eigenvalue weighted by Gasteiger charge is 2.27. The average Bonchev–Trinajstić information content (AvgIpc) is 2.41. The van der Waals surface area contributed by atoms with Gasteiger partial charge in [-0.25, -0.2) is 4.39 Å². The van der Waals surface area contributed by atoms with E-state index in [-0.39, 0.29) is 11.9 Å². The molecule has 0 saturated carbocycles. The number of piperidine rings is 1. The summed E-state index contributed by atoms with van der Waals surface area (Å²) >= 11 is 0. The van der Waals surface area contributed by atoms with Gasteiger partial charge in [0.05, 0.1) is 17.7 Å². The summed E-state index contributed by atoms with van der Waals surface area (Å²) in [4.78, 5) is 13.3. The van der Waals surface area contributed by atoms with Crippen LogP contribution in [0.2, 0.25) is 0 Å². The van der Waals surface area contributed by atoms with Crippen LogP contribution in [0, 0.1) is 17.1 Å². The van der Waals surface area contributed by atoms with Crippen molar-refractivity contribution in [3.05, 3.63) is 35.1 Å². The molecule has 5 heteroatoms. The predicted molar refractivity (Wildman–Crippen MR) is 68.4 cm³/mol. The molecular weight excluding hydrogens is 245 g/mol. The lowest BCUT2D eigenvalue weighted by Gasteiger charge is -2.33. The summed E-state index contributed by atoms with van der Waals surface area (Å²) in [6, 6.07) is 5.99. The van der Waals surface area contributed by atoms with Crippen molar-refractivity contribution in [3.8, 4) is 6.07 Å². The molecule has 2 N–H and O–H groups in total. The second-order valence-electron chi connectivity index (χ2n) is 4.80. The fourth-order valence-electron chi connectivity index (χ4n) is 2.47. The lowest BCUT2D eigenvalue weighted by molar-refractivity contribution is -0.124. The number of amides is 1. The minimum absolute atomic E-state index is 0.298. The largest absolute Gasteiger partial charge is 0.368 e. The van der Waals surface area contributed by atoms with Crippen molar-refractivity contribution in [2.24, 2.45) is 5.73 Å². The van der Waals surface area contributed by atoms with E-state index < -0.39 is 5.82 Å². The Morgan fingerprint density at radius 2 is 2.32 bits per heavy atom. The molecule has 2 rings (SSSR count). The molecule has 1 aromatic carbocycles. The molecule has 4 nitrogen and oxygen atoms in total. The Hall–Kier alpha value is -1.93. The Morgan fingerprint density at radius 3 is 2.95 bits per heavy atom. The standard InChI is InChI=1S/C14H16FN3O/c15-12-7-10(8-16)4-5-11(12)9-18-6-2-1-3-13(18)14(17)19/h4-5,7,13H,1-3,6,9H2,(H2,17,19). The predicted octanol–water partition coefficient (Wildman–Crippen LogP) is 1.54. The summed E-state index contributed by atoms with van der Waals surface area (Å²) in [5, 5.41) is 8.70. The third-order valence-corrected chi connectivity index (χ3v) is 3.50. The van der Waals surface area contributed by atoms with Gasteiger partial charge in [0.2, 0.25) is 5.91 Å². The first kappa shape index (κ1) is 13.5. The first-order valence-corrected chi connectivity index (χ1v) is 6.33. The van der Waals surface area contributed by atoms with Crippen molar-refractivity contribution < 1.29 is 9.18 Å². The van der Waals surface area contributed by atoms with E-state index in [0.717, 1.165) is 25.8 Å². The van der Waals surface area contributed by atoms with Crippen LogP contribution in [0.4, 0.5) is 4.39 Å². The maximum Gasteiger partial charge on any atom is 0.234 e. The highest BCUT2D eigenvalue weighted by molar-refractivity contribution is 5.79. The van der Waals surface area contributed by atoms with E-state index in [1.165, 1.54) is 6.07 Å². The first-order chi connectivity index (χ1) is 9.11. The number of hydrogen-bond acceptors (Lipinski definition) is 3. The number of carbonyl (C=O) groups is 1. The van der Waals surface area contributed by atoms with Crippen molar-refractivity contribution in [1.29, 1.82) is 5.26 Å². The molecule has 1 aliphatic heterocycles. The Bertz CT molecular complexity index is 524. The number of hydrogen-bond donors (Lipinski definition) is 1. The second-order valence-corrected chi connectivity index (χ2v) is 4.80. The molecule has 1 atom stereocenters. The van der Waals surface area contributed by atoms with E-state index in [2.05, 4.69) is 0 Å². The summed E-state index contributed by atoms with van der Waals surface area (Å²) in [5.74, 6) is -0.762. The van der Waals surface area contributed by atoms with Gasteiger partial charge < -0.3 is 5.73 Å². The summed E-state index contributed by atoms with van der Waals surface area (Å²) in [5.41, 5.74) is 6.17. The lowest BCUT2D eigenvalue weighted by atomic mass is 10.0. The summed E-state index contributed by atoms with van der Waals surface area (Å²) < 4.78 is 13.8. The van der Waals surface area contributed by atoms with Gasteiger partial charge in [-0.15, -0.1) is 0 Å². The Labute approximate surface area is 111 Å². The van der Waals surface area contributed by atoms with Gasteiger partial charge in [0.25, 0.3) is 0 Å². The van der Waals surface area contributed by atoms with Crippen molar-refractivity contribution in [2.75, 3.05) is 6.54 Å². The van der Waals surface area contributed by atoms with Crippen molar-refractivity contribution in [2.45, 2.75) is 31.8 Å². The van der Waals surface area contributed by atoms with Gasteiger partial charge in [-0.3, -0.25) is 9.69 Å². The Morgan fingerprint density at radius 1 is 1.53 bits per heavy atom. The van der Waals surface area contributed by atoms with Crippen molar-refractivity contribution >= 4 is 5.91 Å². The second kappa shape index (κ2) is 5.81. The molecule has 1 amide bonds. The zero-order valence-electron chi connectivity index (χ0n) is 10.6. The zero-order valence-corrected chi connectivity index (χ0v) is 10.6. The van der Waals surface area contributed by atoms with Gasteiger partial charge in [-0.2, -0.15) is 5.26 Å². The minimum Gasteiger partial charge on any atom is -0.368 e. The van der Waals surface area contributed by atoms with Gasteiger partial charge in [0.15, 0.2) is 0 Å². The first-order valence-electron chi connectivity index (χ1n) is 6.33. The number of carbonyl (C=O) groups excluding carboxylic acids is 1. The van der Waals surface area contributed by atoms with Gasteiger partial charge in [0.1, 0.15) is 5.82 Å². The Kier molecular flexibility index (Phi) is 4.13. The van der Waals surface area contributed by atoms with Gasteiger partial charge >= 0.3 is 0 Å². The van der Waals surface area contributed by atoms with Crippen molar-refractivity contribution in [1.82, 2.24) is 4.90 Å². The maximum absolute atomic E-state index is 13.8. The number of rotatable bonds is 3. The minimum atomic E-state index is -0.409. The number of likely N-dealkylation sites (tertiary alicyclic amines) is 1. The van der Waals surface area contributed by atoms with Crippen LogP contribution >= 0.6 is 0 Å². The number of primary amides is 1. The molecule has 100 valence electrons. The van der Waals surface area contributed by atoms with Crippen LogP contribution in [0.5, 0.6) is 0 Å². The number of nitrogens with two attached hydrogens (primary N) is 1. The molecule has 1 saturated heterocycles. The number of nitrogens with zero attached hydrogens (tertiary/aromatic N) is 2. The zero-order chi connectivity index (χ0) is 13.8. The van der Waals surface area contributed by atoms with Crippen molar-refractivity contribution in [3.63, 3.8) is 0 Å². The van der Waals surface area contributed by atoms with E-state index in [1.807, 2.05) is 11.0 Å². The molecule has 1 heterocycles. The third-order valence-electron chi connectivity index (χ3n) is 3.50. The molecule has 19 heavy (non-hydrogen) atoms. The molecule has 0 radical (unpaired) electrons. The molecule has 1 fully saturated rings. The topological polar surface area (TPSA) is 70.1 Å². The van der Waals surface area contributed by atoms with Crippen LogP contribution in [-0.4, -0.2) is 23.4 Å². The summed E-state index contributed by atoms with van der Waals surface area (Å²) in [6.07, 6.45) is 2.69. The SMILES string of the molecule is N#Cc1ccc(CN2CCCCC2C(N)=O)c(F)c1. The summed E-state index contributed by atoms with van der Waals surface area (Å²) in [6.45, 7) is 1.10. The molecule has 0 spiro atoms. The third kappa shape index (κ3) is 3.09. The van der Waals surface area contributed by atoms with Crippen LogP contribution in [0.1, 0.15) is 30.4 Å². The molecule has 1 aromatic rings. The van der Waals surface area contributed by atoms with E-state index in [9.17, 15) is 9.18 Å². The quantitative estimate of drug-likeness (QED) is 0.897. The van der Waals surface area contributed by atoms with Gasteiger partial charge in [-0.05, 0) is 31.5 Å². The van der Waals surface area contributed by atoms with Gasteiger partial charge in [0, 0.05) is 12.1 Å². The molecule has 0 aromatic heterocycles. The number of benzene rings is 1. The van der Waals surface area contributed by atoms with E-state index in [0.29, 0.717) is 17.7 Å². The van der Waals surface area contributed by atoms with E-state index in [1.54, 1.807) is 12.1 Å². The Balaban J connectivity index is 2.15. The maximum atomic E-state index is 13.8. The number of nitriles is 1. The van der Waals surface area contributed by atoms with Crippen LogP contribution < -0.4 is 5.73 Å². The molecule has 1 aliphatic rings. The smallest absolute Gasteiger partial charge is 0.234 e. The molecule has 1 unspecified atom stereocenters. The van der Waals surface area contributed by atoms with Crippen LogP contribution in [0.15, 0.2) is 18.2 Å². The molecule has 0 bridgehead atoms. The molecular formula is C14H16FN3O. The van der Waals surface area contributed by atoms with Crippen LogP contribution in [0.3, 0.4) is 0 Å². The number of halogens is 1. The fourth-order valence-corrected chi connectivity index (χ4v) is 2.47.